The van der Waals surface area contributed by atoms with Crippen LogP contribution in [-0.2, 0) is 22.7 Å². The third-order valence-corrected chi connectivity index (χ3v) is 2.12. The molecule has 0 bridgehead atoms. The van der Waals surface area contributed by atoms with Crippen molar-refractivity contribution in [1.29, 1.82) is 0 Å². The minimum atomic E-state index is 0. The van der Waals surface area contributed by atoms with Crippen LogP contribution in [0.15, 0.2) is 42.7 Å². The monoisotopic (exact) mass is 681 g/mol. The molecule has 0 atom stereocenters. The quantitative estimate of drug-likeness (QED) is 0.390. The van der Waals surface area contributed by atoms with E-state index in [2.05, 4.69) is 66.4 Å². The van der Waals surface area contributed by atoms with Crippen molar-refractivity contribution in [1.82, 2.24) is 9.80 Å². The first-order valence-corrected chi connectivity index (χ1v) is 12.2. The minimum absolute atomic E-state index is 0. The normalized spacial score (nSPS) is 11.9. The van der Waals surface area contributed by atoms with Crippen molar-refractivity contribution in [3.05, 3.63) is 55.0 Å². The van der Waals surface area contributed by atoms with E-state index >= 15 is 0 Å². The number of hydrogen-bond acceptors (Lipinski definition) is 4. The Kier molecular flexibility index (Phi) is 18.3. The van der Waals surface area contributed by atoms with E-state index in [0.717, 1.165) is 6.54 Å². The third-order valence-electron chi connectivity index (χ3n) is 2.12. The zero-order valence-electron chi connectivity index (χ0n) is 11.3. The molecule has 2 radical (unpaired) electrons. The van der Waals surface area contributed by atoms with E-state index < -0.39 is 0 Å². The second-order valence-electron chi connectivity index (χ2n) is 3.70. The average molecular weight is 681 g/mol. The van der Waals surface area contributed by atoms with Crippen molar-refractivity contribution >= 4 is 19.4 Å². The molecular weight excluding hydrogens is 661 g/mol. The van der Waals surface area contributed by atoms with Gasteiger partial charge in [0.05, 0.1) is 0 Å². The van der Waals surface area contributed by atoms with Gasteiger partial charge in [0, 0.05) is 39.1 Å². The van der Waals surface area contributed by atoms with E-state index in [1.807, 2.05) is 35.3 Å². The van der Waals surface area contributed by atoms with Gasteiger partial charge >= 0.3 is 35.5 Å². The third kappa shape index (κ3) is 11.3. The first kappa shape index (κ1) is 22.9. The number of halogens is 2. The molecule has 0 fully saturated rings. The van der Waals surface area contributed by atoms with Crippen molar-refractivity contribution in [3.8, 4) is 0 Å². The van der Waals surface area contributed by atoms with Crippen molar-refractivity contribution < 1.29 is 40.1 Å². The molecule has 4 nitrogen and oxygen atoms in total. The van der Waals surface area contributed by atoms with E-state index in [0.29, 0.717) is 13.1 Å². The van der Waals surface area contributed by atoms with Crippen LogP contribution < -0.4 is 35.4 Å². The summed E-state index contributed by atoms with van der Waals surface area (Å²) in [6, 6.07) is 10.4. The molecule has 0 saturated carbocycles. The van der Waals surface area contributed by atoms with Crippen molar-refractivity contribution in [2.45, 2.75) is 6.54 Å². The number of nitrogens with zero attached hydrogens (tertiary/aromatic N) is 2. The zero-order chi connectivity index (χ0) is 14.5. The summed E-state index contributed by atoms with van der Waals surface area (Å²) in [5.74, 6) is 0. The molecule has 1 aromatic carbocycles. The van der Waals surface area contributed by atoms with Gasteiger partial charge in [0.1, 0.15) is 0 Å². The van der Waals surface area contributed by atoms with E-state index in [4.69, 9.17) is 11.5 Å². The van der Waals surface area contributed by atoms with Crippen LogP contribution in [0, 0.1) is 6.67 Å². The molecular formula is C13H20I2N4Pt. The molecule has 7 heteroatoms. The van der Waals surface area contributed by atoms with Crippen molar-refractivity contribution in [3.63, 3.8) is 0 Å². The Balaban J connectivity index is 0. The summed E-state index contributed by atoms with van der Waals surface area (Å²) in [5, 5.41) is 0. The molecule has 0 spiro atoms. The fourth-order valence-corrected chi connectivity index (χ4v) is 1.32. The summed E-state index contributed by atoms with van der Waals surface area (Å²) in [5.41, 5.74) is 11.1. The van der Waals surface area contributed by atoms with Crippen LogP contribution in [0.1, 0.15) is 5.56 Å². The van der Waals surface area contributed by atoms with Gasteiger partial charge in [-0.25, -0.2) is 0 Å². The molecule has 0 aromatic heterocycles. The Morgan fingerprint density at radius 2 is 1.65 bits per heavy atom. The van der Waals surface area contributed by atoms with Gasteiger partial charge in [-0.3, -0.25) is 0 Å². The Hall–Kier alpha value is 0.628. The van der Waals surface area contributed by atoms with Crippen LogP contribution >= 0.6 is 19.4 Å². The molecule has 20 heavy (non-hydrogen) atoms. The van der Waals surface area contributed by atoms with E-state index in [1.54, 1.807) is 0 Å². The predicted molar refractivity (Wildman–Crippen MR) is 84.3 cm³/mol. The maximum atomic E-state index is 4.90. The number of hydrogen-bond donors (Lipinski definition) is 2. The van der Waals surface area contributed by atoms with E-state index in [-0.39, 0.29) is 24.0 Å². The molecule has 1 aliphatic heterocycles. The maximum absolute atomic E-state index is 4.90. The molecule has 2 rings (SSSR count). The fourth-order valence-electron chi connectivity index (χ4n) is 1.32. The zero-order valence-corrected chi connectivity index (χ0v) is 17.9. The predicted octanol–water partition coefficient (Wildman–Crippen LogP) is -1.31. The number of benzene rings is 1. The first-order valence-electron chi connectivity index (χ1n) is 5.76. The van der Waals surface area contributed by atoms with Crippen LogP contribution in [0.2, 0.25) is 0 Å². The SMILES string of the molecule is CN1[C]N(Cc2ccccc2)C=C1.NCCN.[I-].[I][Pt+]. The first-order chi connectivity index (χ1) is 9.26. The Morgan fingerprint density at radius 3 is 2.05 bits per heavy atom. The van der Waals surface area contributed by atoms with Gasteiger partial charge < -0.3 is 45.2 Å². The van der Waals surface area contributed by atoms with Crippen LogP contribution in [-0.4, -0.2) is 29.9 Å². The van der Waals surface area contributed by atoms with Gasteiger partial charge in [0.25, 0.3) is 0 Å². The van der Waals surface area contributed by atoms with E-state index in [9.17, 15) is 0 Å². The van der Waals surface area contributed by atoms with E-state index in [1.165, 1.54) is 5.56 Å². The summed E-state index contributed by atoms with van der Waals surface area (Å²) in [6.45, 7) is 5.24. The van der Waals surface area contributed by atoms with Crippen molar-refractivity contribution in [2.75, 3.05) is 20.1 Å². The standard InChI is InChI=1S/C11H12N2.C2H8N2.2HI.Pt/c1-12-7-8-13(10-12)9-11-5-3-2-4-6-11;3-1-2-4;;;/h2-8H,9H2,1H3;1-4H2;2*1H;/q;;;;+2/p-2. The number of rotatable bonds is 3. The van der Waals surface area contributed by atoms with Gasteiger partial charge in [-0.1, -0.05) is 30.3 Å². The summed E-state index contributed by atoms with van der Waals surface area (Å²) in [6.07, 6.45) is 4.01. The van der Waals surface area contributed by atoms with Gasteiger partial charge in [0.15, 0.2) is 0 Å². The van der Waals surface area contributed by atoms with Crippen LogP contribution in [0.3, 0.4) is 0 Å². The Morgan fingerprint density at radius 1 is 1.10 bits per heavy atom. The van der Waals surface area contributed by atoms with Gasteiger partial charge in [-0.05, 0) is 5.56 Å². The molecule has 1 aliphatic rings. The Labute approximate surface area is 161 Å². The van der Waals surface area contributed by atoms with Crippen LogP contribution in [0.5, 0.6) is 0 Å². The molecule has 0 unspecified atom stereocenters. The van der Waals surface area contributed by atoms with Gasteiger partial charge in [0.2, 0.25) is 6.67 Å². The molecule has 4 N–H and O–H groups in total. The average Bonchev–Trinajstić information content (AvgIpc) is 2.88. The molecule has 1 heterocycles. The molecule has 0 aliphatic carbocycles. The molecule has 0 saturated heterocycles. The summed E-state index contributed by atoms with van der Waals surface area (Å²) in [4.78, 5) is 3.96. The molecule has 116 valence electrons. The number of nitrogens with two attached hydrogens (primary N) is 2. The summed E-state index contributed by atoms with van der Waals surface area (Å²) >= 11 is 4.23. The second kappa shape index (κ2) is 16.0. The van der Waals surface area contributed by atoms with Crippen LogP contribution in [0.4, 0.5) is 0 Å². The second-order valence-corrected chi connectivity index (χ2v) is 3.70. The molecule has 0 amide bonds. The summed E-state index contributed by atoms with van der Waals surface area (Å²) in [7, 11) is 1.97. The summed E-state index contributed by atoms with van der Waals surface area (Å²) < 4.78 is 0. The van der Waals surface area contributed by atoms with Gasteiger partial charge in [-0.2, -0.15) is 0 Å². The van der Waals surface area contributed by atoms with Crippen LogP contribution in [0.25, 0.3) is 0 Å². The van der Waals surface area contributed by atoms with Crippen molar-refractivity contribution in [2.24, 2.45) is 11.5 Å². The topological polar surface area (TPSA) is 58.5 Å². The Bertz CT molecular complexity index is 336. The molecule has 1 aromatic rings. The fraction of sp³-hybridized carbons (Fsp3) is 0.308. The van der Waals surface area contributed by atoms with Gasteiger partial charge in [-0.15, -0.1) is 0 Å².